The number of hydrogen-bond acceptors (Lipinski definition) is 8. The predicted molar refractivity (Wildman–Crippen MR) is 108 cm³/mol. The molecule has 0 N–H and O–H groups in total. The second-order valence-corrected chi connectivity index (χ2v) is 8.10. The molecule has 3 aromatic heterocycles. The molecule has 0 bridgehead atoms. The van der Waals surface area contributed by atoms with E-state index >= 15 is 0 Å². The third kappa shape index (κ3) is 3.60. The first-order chi connectivity index (χ1) is 13.4. The van der Waals surface area contributed by atoms with Crippen molar-refractivity contribution in [3.05, 3.63) is 71.2 Å². The van der Waals surface area contributed by atoms with Gasteiger partial charge in [0.05, 0.1) is 34.7 Å². The number of halogens is 1. The van der Waals surface area contributed by atoms with Gasteiger partial charge in [0.1, 0.15) is 6.54 Å². The van der Waals surface area contributed by atoms with Gasteiger partial charge in [-0.3, -0.25) is 13.9 Å². The van der Waals surface area contributed by atoms with E-state index in [1.54, 1.807) is 19.2 Å². The number of thiophene rings is 1. The second kappa shape index (κ2) is 7.70. The molecule has 4 heterocycles. The third-order valence-electron chi connectivity index (χ3n) is 4.34. The topological polar surface area (TPSA) is 92.1 Å². The Hall–Kier alpha value is -2.14. The number of rotatable bonds is 5. The molecule has 0 aromatic carbocycles. The number of ether oxygens (including phenoxy) is 1. The molecule has 1 atom stereocenters. The molecule has 146 valence electrons. The highest BCUT2D eigenvalue weighted by atomic mass is 35.5. The first kappa shape index (κ1) is 19.2. The van der Waals surface area contributed by atoms with E-state index < -0.39 is 11.2 Å². The maximum atomic E-state index is 12.6. The average Bonchev–Trinajstić information content (AvgIpc) is 3.42. The van der Waals surface area contributed by atoms with E-state index in [9.17, 15) is 9.59 Å². The Morgan fingerprint density at radius 2 is 2.25 bits per heavy atom. The Morgan fingerprint density at radius 3 is 3.00 bits per heavy atom. The molecule has 1 unspecified atom stereocenters. The normalized spacial score (nSPS) is 14.7. The summed E-state index contributed by atoms with van der Waals surface area (Å²) in [7, 11) is 1.61. The SMILES string of the molecule is Cn1c2c(c(=O)n(Cc3nc(/C=C/C(S)c4cc(Cl)cs4)no3)c1=O)COC2. The Labute approximate surface area is 173 Å². The molecular formula is C17H15ClN4O4S2. The summed E-state index contributed by atoms with van der Waals surface area (Å²) < 4.78 is 13.0. The summed E-state index contributed by atoms with van der Waals surface area (Å²) in [5.74, 6) is 0.485. The third-order valence-corrected chi connectivity index (χ3v) is 6.33. The zero-order valence-corrected chi connectivity index (χ0v) is 17.1. The van der Waals surface area contributed by atoms with Crippen LogP contribution in [0.2, 0.25) is 5.02 Å². The van der Waals surface area contributed by atoms with Crippen LogP contribution in [0.3, 0.4) is 0 Å². The van der Waals surface area contributed by atoms with Gasteiger partial charge in [-0.05, 0) is 12.1 Å². The Morgan fingerprint density at radius 1 is 1.43 bits per heavy atom. The van der Waals surface area contributed by atoms with Gasteiger partial charge in [-0.25, -0.2) is 4.79 Å². The van der Waals surface area contributed by atoms with Crippen LogP contribution in [0.15, 0.2) is 31.6 Å². The fourth-order valence-corrected chi connectivity index (χ4v) is 4.27. The maximum Gasteiger partial charge on any atom is 0.331 e. The molecule has 8 nitrogen and oxygen atoms in total. The van der Waals surface area contributed by atoms with Crippen LogP contribution in [-0.4, -0.2) is 19.3 Å². The van der Waals surface area contributed by atoms with Gasteiger partial charge >= 0.3 is 5.69 Å². The van der Waals surface area contributed by atoms with Gasteiger partial charge in [-0.2, -0.15) is 17.6 Å². The molecule has 11 heteroatoms. The summed E-state index contributed by atoms with van der Waals surface area (Å²) in [6.45, 7) is 0.341. The van der Waals surface area contributed by atoms with E-state index in [4.69, 9.17) is 20.9 Å². The van der Waals surface area contributed by atoms with Gasteiger partial charge in [0.25, 0.3) is 5.56 Å². The van der Waals surface area contributed by atoms with E-state index in [1.807, 2.05) is 11.4 Å². The fraction of sp³-hybridized carbons (Fsp3) is 0.294. The van der Waals surface area contributed by atoms with E-state index in [2.05, 4.69) is 22.8 Å². The number of hydrogen-bond donors (Lipinski definition) is 1. The maximum absolute atomic E-state index is 12.6. The zero-order chi connectivity index (χ0) is 19.8. The van der Waals surface area contributed by atoms with Crippen LogP contribution in [0, 0.1) is 0 Å². The van der Waals surface area contributed by atoms with Gasteiger partial charge < -0.3 is 9.26 Å². The highest BCUT2D eigenvalue weighted by Gasteiger charge is 2.23. The molecule has 28 heavy (non-hydrogen) atoms. The summed E-state index contributed by atoms with van der Waals surface area (Å²) in [5.41, 5.74) is 0.244. The molecule has 0 saturated heterocycles. The Balaban J connectivity index is 1.55. The average molecular weight is 439 g/mol. The lowest BCUT2D eigenvalue weighted by molar-refractivity contribution is 0.131. The molecule has 3 aromatic rings. The first-order valence-corrected chi connectivity index (χ1v) is 10.0. The van der Waals surface area contributed by atoms with E-state index in [1.165, 1.54) is 15.9 Å². The zero-order valence-electron chi connectivity index (χ0n) is 14.7. The van der Waals surface area contributed by atoms with E-state index in [-0.39, 0.29) is 30.9 Å². The number of aromatic nitrogens is 4. The van der Waals surface area contributed by atoms with Crippen LogP contribution in [0.1, 0.15) is 33.1 Å². The summed E-state index contributed by atoms with van der Waals surface area (Å²) in [5, 5.41) is 6.20. The minimum absolute atomic E-state index is 0.107. The molecule has 4 rings (SSSR count). The van der Waals surface area contributed by atoms with E-state index in [0.29, 0.717) is 22.1 Å². The van der Waals surface area contributed by atoms with Gasteiger partial charge in [-0.15, -0.1) is 11.3 Å². The summed E-state index contributed by atoms with van der Waals surface area (Å²) in [6, 6.07) is 1.84. The van der Waals surface area contributed by atoms with Crippen molar-refractivity contribution in [1.29, 1.82) is 0 Å². The highest BCUT2D eigenvalue weighted by Crippen LogP contribution is 2.30. The van der Waals surface area contributed by atoms with Crippen molar-refractivity contribution in [2.75, 3.05) is 0 Å². The quantitative estimate of drug-likeness (QED) is 0.615. The summed E-state index contributed by atoms with van der Waals surface area (Å²) in [6.07, 6.45) is 3.47. The van der Waals surface area contributed by atoms with Gasteiger partial charge in [0, 0.05) is 17.3 Å². The van der Waals surface area contributed by atoms with Crippen LogP contribution in [0.25, 0.3) is 6.08 Å². The lowest BCUT2D eigenvalue weighted by atomic mass is 10.2. The molecular weight excluding hydrogens is 424 g/mol. The van der Waals surface area contributed by atoms with Crippen molar-refractivity contribution in [2.45, 2.75) is 25.0 Å². The molecule has 0 radical (unpaired) electrons. The van der Waals surface area contributed by atoms with Crippen molar-refractivity contribution in [2.24, 2.45) is 7.05 Å². The van der Waals surface area contributed by atoms with Crippen molar-refractivity contribution in [1.82, 2.24) is 19.3 Å². The lowest BCUT2D eigenvalue weighted by Gasteiger charge is -2.09. The smallest absolute Gasteiger partial charge is 0.331 e. The highest BCUT2D eigenvalue weighted by molar-refractivity contribution is 7.80. The second-order valence-electron chi connectivity index (χ2n) is 6.17. The van der Waals surface area contributed by atoms with Crippen molar-refractivity contribution in [3.63, 3.8) is 0 Å². The largest absolute Gasteiger partial charge is 0.370 e. The number of nitrogens with zero attached hydrogens (tertiary/aromatic N) is 4. The molecule has 0 fully saturated rings. The summed E-state index contributed by atoms with van der Waals surface area (Å²) in [4.78, 5) is 30.3. The summed E-state index contributed by atoms with van der Waals surface area (Å²) >= 11 is 11.9. The van der Waals surface area contributed by atoms with Gasteiger partial charge in [0.2, 0.25) is 5.89 Å². The molecule has 0 spiro atoms. The lowest BCUT2D eigenvalue weighted by Crippen LogP contribution is -2.41. The standard InChI is InChI=1S/C17H15ClN4O4S2/c1-21-11-7-25-6-10(11)16(23)22(17(21)24)5-15-19-14(20-26-15)3-2-12(27)13-4-9(18)8-28-13/h2-4,8,12,27H,5-7H2,1H3/b3-2+. The van der Waals surface area contributed by atoms with Crippen LogP contribution in [0.5, 0.6) is 0 Å². The van der Waals surface area contributed by atoms with Crippen molar-refractivity contribution < 1.29 is 9.26 Å². The predicted octanol–water partition coefficient (Wildman–Crippen LogP) is 2.41. The monoisotopic (exact) mass is 438 g/mol. The Bertz CT molecular complexity index is 1180. The van der Waals surface area contributed by atoms with Crippen molar-refractivity contribution >= 4 is 41.6 Å². The van der Waals surface area contributed by atoms with Crippen molar-refractivity contribution in [3.8, 4) is 0 Å². The van der Waals surface area contributed by atoms with Crippen LogP contribution in [-0.2, 0) is 31.5 Å². The van der Waals surface area contributed by atoms with Crippen LogP contribution >= 0.6 is 35.6 Å². The molecule has 0 amide bonds. The molecule has 0 saturated carbocycles. The Kier molecular flexibility index (Phi) is 5.28. The fourth-order valence-electron chi connectivity index (χ4n) is 2.88. The van der Waals surface area contributed by atoms with E-state index in [0.717, 1.165) is 9.44 Å². The van der Waals surface area contributed by atoms with Crippen LogP contribution in [0.4, 0.5) is 0 Å². The number of thiol groups is 1. The number of fused-ring (bicyclic) bond motifs is 1. The first-order valence-electron chi connectivity index (χ1n) is 8.26. The van der Waals surface area contributed by atoms with Crippen LogP contribution < -0.4 is 11.2 Å². The van der Waals surface area contributed by atoms with Gasteiger partial charge in [-0.1, -0.05) is 22.8 Å². The van der Waals surface area contributed by atoms with Gasteiger partial charge in [0.15, 0.2) is 5.82 Å². The minimum Gasteiger partial charge on any atom is -0.370 e. The molecule has 0 aliphatic carbocycles. The molecule has 1 aliphatic heterocycles. The minimum atomic E-state index is -0.450. The molecule has 1 aliphatic rings.